The molecule has 0 atom stereocenters. The van der Waals surface area contributed by atoms with E-state index in [1.54, 1.807) is 24.7 Å². The van der Waals surface area contributed by atoms with Gasteiger partial charge < -0.3 is 9.88 Å². The summed E-state index contributed by atoms with van der Waals surface area (Å²) in [5, 5.41) is 9.44. The molecular formula is C25H21N5O2S. The molecule has 0 amide bonds. The molecule has 0 radical (unpaired) electrons. The quantitative estimate of drug-likeness (QED) is 0.499. The first-order chi connectivity index (χ1) is 16.1. The molecule has 0 fully saturated rings. The van der Waals surface area contributed by atoms with Crippen molar-refractivity contribution in [2.45, 2.75) is 11.4 Å². The van der Waals surface area contributed by atoms with Crippen LogP contribution in [-0.2, 0) is 16.6 Å². The van der Waals surface area contributed by atoms with Crippen molar-refractivity contribution in [1.29, 1.82) is 5.26 Å². The monoisotopic (exact) mass is 455 g/mol. The second-order valence-corrected chi connectivity index (χ2v) is 9.58. The molecule has 0 aliphatic carbocycles. The van der Waals surface area contributed by atoms with Crippen LogP contribution in [0.4, 0.5) is 11.4 Å². The van der Waals surface area contributed by atoms with Gasteiger partial charge in [-0.2, -0.15) is 5.26 Å². The molecule has 33 heavy (non-hydrogen) atoms. The minimum atomic E-state index is -3.93. The van der Waals surface area contributed by atoms with Gasteiger partial charge in [0.15, 0.2) is 0 Å². The lowest BCUT2D eigenvalue weighted by Crippen LogP contribution is -2.35. The van der Waals surface area contributed by atoms with Crippen LogP contribution in [0.25, 0.3) is 11.1 Å². The zero-order valence-corrected chi connectivity index (χ0v) is 18.5. The summed E-state index contributed by atoms with van der Waals surface area (Å²) in [4.78, 5) is 9.29. The summed E-state index contributed by atoms with van der Waals surface area (Å²) >= 11 is 0. The first-order valence-electron chi connectivity index (χ1n) is 10.5. The Hall–Kier alpha value is -4.09. The average molecular weight is 456 g/mol. The van der Waals surface area contributed by atoms with E-state index in [4.69, 9.17) is 0 Å². The van der Waals surface area contributed by atoms with Crippen LogP contribution in [-0.4, -0.2) is 31.5 Å². The highest BCUT2D eigenvalue weighted by molar-refractivity contribution is 7.93. The average Bonchev–Trinajstić information content (AvgIpc) is 3.33. The predicted molar refractivity (Wildman–Crippen MR) is 127 cm³/mol. The van der Waals surface area contributed by atoms with Gasteiger partial charge in [-0.1, -0.05) is 48.5 Å². The molecule has 5 rings (SSSR count). The van der Waals surface area contributed by atoms with Gasteiger partial charge in [0.2, 0.25) is 0 Å². The summed E-state index contributed by atoms with van der Waals surface area (Å²) in [5.41, 5.74) is 4.14. The van der Waals surface area contributed by atoms with Gasteiger partial charge in [-0.3, -0.25) is 4.31 Å². The summed E-state index contributed by atoms with van der Waals surface area (Å²) in [5.74, 6) is 0. The maximum Gasteiger partial charge on any atom is 0.266 e. The van der Waals surface area contributed by atoms with Gasteiger partial charge in [0.1, 0.15) is 4.90 Å². The van der Waals surface area contributed by atoms with Crippen LogP contribution in [0.1, 0.15) is 11.3 Å². The molecule has 0 spiro atoms. The number of para-hydroxylation sites is 1. The van der Waals surface area contributed by atoms with Crippen molar-refractivity contribution < 1.29 is 8.42 Å². The van der Waals surface area contributed by atoms with Gasteiger partial charge in [-0.15, -0.1) is 0 Å². The van der Waals surface area contributed by atoms with Crippen LogP contribution in [0.15, 0.2) is 90.2 Å². The fourth-order valence-electron chi connectivity index (χ4n) is 4.17. The Bertz CT molecular complexity index is 1430. The third-order valence-corrected chi connectivity index (χ3v) is 7.59. The first kappa shape index (κ1) is 20.8. The first-order valence-corrected chi connectivity index (χ1v) is 12.0. The van der Waals surface area contributed by atoms with Crippen molar-refractivity contribution in [3.63, 3.8) is 0 Å². The van der Waals surface area contributed by atoms with E-state index in [9.17, 15) is 13.7 Å². The van der Waals surface area contributed by atoms with E-state index >= 15 is 0 Å². The van der Waals surface area contributed by atoms with Crippen LogP contribution < -0.4 is 9.21 Å². The number of nitrogens with zero attached hydrogens (tertiary/aromatic N) is 4. The number of imidazole rings is 1. The van der Waals surface area contributed by atoms with E-state index < -0.39 is 10.0 Å². The number of fused-ring (bicyclic) bond motifs is 1. The number of hydrogen-bond acceptors (Lipinski definition) is 5. The lowest BCUT2D eigenvalue weighted by molar-refractivity contribution is 0.593. The van der Waals surface area contributed by atoms with E-state index in [1.807, 2.05) is 59.5 Å². The van der Waals surface area contributed by atoms with E-state index in [2.05, 4.69) is 16.0 Å². The summed E-state index contributed by atoms with van der Waals surface area (Å²) in [7, 11) is -3.93. The Balaban J connectivity index is 1.66. The molecule has 0 bridgehead atoms. The highest BCUT2D eigenvalue weighted by Gasteiger charge is 2.34. The second kappa shape index (κ2) is 8.45. The zero-order valence-electron chi connectivity index (χ0n) is 17.7. The van der Waals surface area contributed by atoms with Crippen molar-refractivity contribution in [3.8, 4) is 17.2 Å². The third-order valence-electron chi connectivity index (χ3n) is 5.74. The highest BCUT2D eigenvalue weighted by atomic mass is 32.2. The number of aromatic amines is 1. The van der Waals surface area contributed by atoms with Crippen LogP contribution in [0.2, 0.25) is 0 Å². The van der Waals surface area contributed by atoms with Crippen molar-refractivity contribution >= 4 is 21.4 Å². The van der Waals surface area contributed by atoms with Crippen molar-refractivity contribution in [2.24, 2.45) is 0 Å². The number of rotatable bonds is 4. The maximum absolute atomic E-state index is 14.0. The van der Waals surface area contributed by atoms with E-state index in [0.717, 1.165) is 16.8 Å². The van der Waals surface area contributed by atoms with Crippen LogP contribution in [0.5, 0.6) is 0 Å². The van der Waals surface area contributed by atoms with Gasteiger partial charge in [0.05, 0.1) is 48.1 Å². The molecule has 7 nitrogen and oxygen atoms in total. The van der Waals surface area contributed by atoms with Gasteiger partial charge >= 0.3 is 0 Å². The van der Waals surface area contributed by atoms with Gasteiger partial charge in [-0.05, 0) is 29.8 Å². The standard InChI is InChI=1S/C25H21N5O2S/c26-15-19-10-11-24-25(14-19)33(31,32)30(13-12-29(24)17-21-16-27-18-28-21)23-9-5-4-8-22(23)20-6-2-1-3-7-20/h1-11,14,16,18H,12-13,17H2,(H,27,28). The summed E-state index contributed by atoms with van der Waals surface area (Å²) in [6, 6.07) is 24.2. The van der Waals surface area contributed by atoms with Crippen LogP contribution in [0, 0.1) is 11.3 Å². The van der Waals surface area contributed by atoms with Crippen molar-refractivity contribution in [1.82, 2.24) is 9.97 Å². The Morgan fingerprint density at radius 3 is 2.52 bits per heavy atom. The normalized spacial score (nSPS) is 14.9. The number of nitriles is 1. The number of H-pyrrole nitrogens is 1. The molecule has 4 aromatic rings. The summed E-state index contributed by atoms with van der Waals surface area (Å²) in [6.07, 6.45) is 3.33. The second-order valence-electron chi connectivity index (χ2n) is 7.75. The Morgan fingerprint density at radius 2 is 1.76 bits per heavy atom. The Labute approximate surface area is 192 Å². The molecule has 164 valence electrons. The molecule has 0 saturated heterocycles. The number of aromatic nitrogens is 2. The molecule has 0 unspecified atom stereocenters. The van der Waals surface area contributed by atoms with Gasteiger partial charge in [-0.25, -0.2) is 13.4 Å². The summed E-state index contributed by atoms with van der Waals surface area (Å²) < 4.78 is 29.4. The maximum atomic E-state index is 14.0. The molecule has 2 heterocycles. The number of hydrogen-bond donors (Lipinski definition) is 1. The molecule has 3 aromatic carbocycles. The van der Waals surface area contributed by atoms with Gasteiger partial charge in [0.25, 0.3) is 10.0 Å². The number of nitrogens with one attached hydrogen (secondary N) is 1. The van der Waals surface area contributed by atoms with E-state index in [1.165, 1.54) is 10.4 Å². The molecule has 1 aliphatic heterocycles. The molecule has 1 aromatic heterocycles. The van der Waals surface area contributed by atoms with E-state index in [-0.39, 0.29) is 11.4 Å². The molecule has 1 N–H and O–H groups in total. The minimum absolute atomic E-state index is 0.126. The Morgan fingerprint density at radius 1 is 0.970 bits per heavy atom. The lowest BCUT2D eigenvalue weighted by Gasteiger charge is -2.25. The van der Waals surface area contributed by atoms with Crippen LogP contribution >= 0.6 is 0 Å². The predicted octanol–water partition coefficient (Wildman–Crippen LogP) is 4.16. The number of sulfonamides is 1. The molecule has 8 heteroatoms. The molecule has 1 aliphatic rings. The van der Waals surface area contributed by atoms with E-state index in [0.29, 0.717) is 30.0 Å². The van der Waals surface area contributed by atoms with Gasteiger partial charge in [0, 0.05) is 18.3 Å². The minimum Gasteiger partial charge on any atom is -0.363 e. The summed E-state index contributed by atoms with van der Waals surface area (Å²) in [6.45, 7) is 1.21. The topological polar surface area (TPSA) is 93.1 Å². The largest absolute Gasteiger partial charge is 0.363 e. The van der Waals surface area contributed by atoms with Crippen molar-refractivity contribution in [2.75, 3.05) is 22.3 Å². The highest BCUT2D eigenvalue weighted by Crippen LogP contribution is 2.38. The fraction of sp³-hybridized carbons (Fsp3) is 0.120. The fourth-order valence-corrected chi connectivity index (χ4v) is 5.88. The zero-order chi connectivity index (χ0) is 22.8. The van der Waals surface area contributed by atoms with Crippen LogP contribution in [0.3, 0.4) is 0 Å². The molecular weight excluding hydrogens is 434 g/mol. The third kappa shape index (κ3) is 3.83. The number of benzene rings is 3. The smallest absolute Gasteiger partial charge is 0.266 e. The Kier molecular flexibility index (Phi) is 5.32. The SMILES string of the molecule is N#Cc1ccc2c(c1)S(=O)(=O)N(c1ccccc1-c1ccccc1)CCN2Cc1cnc[nH]1. The number of anilines is 2. The van der Waals surface area contributed by atoms with Crippen molar-refractivity contribution in [3.05, 3.63) is 96.6 Å². The lowest BCUT2D eigenvalue weighted by atomic mass is 10.0. The molecule has 0 saturated carbocycles.